The topological polar surface area (TPSA) is 105 Å². The zero-order valence-electron chi connectivity index (χ0n) is 11.5. The SMILES string of the molecule is Cc1csc(SCC(=O)NC(=O)N2CCC[C@H]2C(N)=O)n1. The van der Waals surface area contributed by atoms with Crippen LogP contribution in [0.25, 0.3) is 0 Å². The van der Waals surface area contributed by atoms with Gasteiger partial charge in [0, 0.05) is 17.6 Å². The number of nitrogens with zero attached hydrogens (tertiary/aromatic N) is 2. The van der Waals surface area contributed by atoms with Crippen LogP contribution in [0.2, 0.25) is 0 Å². The highest BCUT2D eigenvalue weighted by Gasteiger charge is 2.33. The Labute approximate surface area is 130 Å². The summed E-state index contributed by atoms with van der Waals surface area (Å²) in [6.45, 7) is 2.31. The Balaban J connectivity index is 1.82. The Bertz CT molecular complexity index is 560. The first-order chi connectivity index (χ1) is 9.97. The van der Waals surface area contributed by atoms with Gasteiger partial charge in [0.25, 0.3) is 0 Å². The van der Waals surface area contributed by atoms with Gasteiger partial charge in [-0.3, -0.25) is 14.9 Å². The normalized spacial score (nSPS) is 17.8. The Morgan fingerprint density at radius 3 is 2.95 bits per heavy atom. The average Bonchev–Trinajstić information content (AvgIpc) is 3.04. The van der Waals surface area contributed by atoms with Crippen molar-refractivity contribution in [3.05, 3.63) is 11.1 Å². The first kappa shape index (κ1) is 15.8. The van der Waals surface area contributed by atoms with E-state index >= 15 is 0 Å². The number of aromatic nitrogens is 1. The van der Waals surface area contributed by atoms with Crippen molar-refractivity contribution in [3.63, 3.8) is 0 Å². The van der Waals surface area contributed by atoms with Crippen molar-refractivity contribution in [3.8, 4) is 0 Å². The van der Waals surface area contributed by atoms with Crippen LogP contribution in [0, 0.1) is 6.92 Å². The molecule has 0 spiro atoms. The van der Waals surface area contributed by atoms with E-state index in [4.69, 9.17) is 5.73 Å². The van der Waals surface area contributed by atoms with Crippen molar-refractivity contribution in [1.29, 1.82) is 0 Å². The van der Waals surface area contributed by atoms with Crippen molar-refractivity contribution in [2.75, 3.05) is 12.3 Å². The van der Waals surface area contributed by atoms with Gasteiger partial charge in [-0.2, -0.15) is 0 Å². The molecule has 114 valence electrons. The first-order valence-corrected chi connectivity index (χ1v) is 8.28. The molecule has 0 bridgehead atoms. The summed E-state index contributed by atoms with van der Waals surface area (Å²) in [5, 5.41) is 4.18. The molecule has 21 heavy (non-hydrogen) atoms. The van der Waals surface area contributed by atoms with Gasteiger partial charge in [-0.05, 0) is 19.8 Å². The van der Waals surface area contributed by atoms with E-state index in [0.29, 0.717) is 19.4 Å². The Morgan fingerprint density at radius 2 is 2.33 bits per heavy atom. The molecule has 2 heterocycles. The molecule has 0 aliphatic carbocycles. The number of thioether (sulfide) groups is 1. The van der Waals surface area contributed by atoms with Gasteiger partial charge >= 0.3 is 6.03 Å². The van der Waals surface area contributed by atoms with E-state index in [1.54, 1.807) is 0 Å². The monoisotopic (exact) mass is 328 g/mol. The molecule has 0 radical (unpaired) electrons. The van der Waals surface area contributed by atoms with E-state index in [9.17, 15) is 14.4 Å². The second-order valence-electron chi connectivity index (χ2n) is 4.65. The van der Waals surface area contributed by atoms with E-state index in [2.05, 4.69) is 10.3 Å². The second kappa shape index (κ2) is 6.90. The number of carbonyl (C=O) groups excluding carboxylic acids is 3. The summed E-state index contributed by atoms with van der Waals surface area (Å²) in [5.74, 6) is -0.843. The summed E-state index contributed by atoms with van der Waals surface area (Å²) in [7, 11) is 0. The van der Waals surface area contributed by atoms with Crippen molar-refractivity contribution in [2.45, 2.75) is 30.1 Å². The molecular formula is C12H16N4O3S2. The fourth-order valence-corrected chi connectivity index (χ4v) is 3.71. The van der Waals surface area contributed by atoms with E-state index in [-0.39, 0.29) is 5.75 Å². The van der Waals surface area contributed by atoms with Gasteiger partial charge in [0.05, 0.1) is 5.75 Å². The van der Waals surface area contributed by atoms with E-state index in [1.165, 1.54) is 28.0 Å². The maximum absolute atomic E-state index is 11.9. The van der Waals surface area contributed by atoms with Crippen LogP contribution in [0.1, 0.15) is 18.5 Å². The Hall–Kier alpha value is -1.61. The van der Waals surface area contributed by atoms with Crippen LogP contribution in [0.3, 0.4) is 0 Å². The van der Waals surface area contributed by atoms with Gasteiger partial charge in [0.2, 0.25) is 11.8 Å². The standard InChI is InChI=1S/C12H16N4O3S2/c1-7-5-20-12(14-7)21-6-9(17)15-11(19)16-4-2-3-8(16)10(13)18/h5,8H,2-4,6H2,1H3,(H2,13,18)(H,15,17,19)/t8-/m0/s1. The molecule has 0 saturated carbocycles. The van der Waals surface area contributed by atoms with E-state index < -0.39 is 23.9 Å². The van der Waals surface area contributed by atoms with E-state index in [1.807, 2.05) is 12.3 Å². The van der Waals surface area contributed by atoms with Crippen LogP contribution in [0.15, 0.2) is 9.72 Å². The average molecular weight is 328 g/mol. The minimum atomic E-state index is -0.618. The van der Waals surface area contributed by atoms with Gasteiger partial charge in [-0.15, -0.1) is 11.3 Å². The van der Waals surface area contributed by atoms with Gasteiger partial charge in [0.15, 0.2) is 4.34 Å². The van der Waals surface area contributed by atoms with Crippen LogP contribution in [0.5, 0.6) is 0 Å². The van der Waals surface area contributed by atoms with Crippen molar-refractivity contribution < 1.29 is 14.4 Å². The molecule has 9 heteroatoms. The highest BCUT2D eigenvalue weighted by atomic mass is 32.2. The van der Waals surface area contributed by atoms with Crippen LogP contribution in [-0.4, -0.2) is 46.1 Å². The molecule has 1 aromatic heterocycles. The smallest absolute Gasteiger partial charge is 0.324 e. The molecule has 3 N–H and O–H groups in total. The molecule has 1 fully saturated rings. The quantitative estimate of drug-likeness (QED) is 0.793. The van der Waals surface area contributed by atoms with Gasteiger partial charge in [-0.1, -0.05) is 11.8 Å². The maximum atomic E-state index is 11.9. The lowest BCUT2D eigenvalue weighted by atomic mass is 10.2. The van der Waals surface area contributed by atoms with Crippen molar-refractivity contribution in [1.82, 2.24) is 15.2 Å². The molecule has 4 amide bonds. The number of likely N-dealkylation sites (tertiary alicyclic amines) is 1. The molecule has 1 aliphatic heterocycles. The lowest BCUT2D eigenvalue weighted by Crippen LogP contribution is -2.49. The summed E-state index contributed by atoms with van der Waals surface area (Å²) in [4.78, 5) is 40.5. The lowest BCUT2D eigenvalue weighted by molar-refractivity contribution is -0.122. The summed E-state index contributed by atoms with van der Waals surface area (Å²) >= 11 is 2.73. The van der Waals surface area contributed by atoms with Crippen LogP contribution in [0.4, 0.5) is 4.79 Å². The molecule has 1 aliphatic rings. The third-order valence-corrected chi connectivity index (χ3v) is 5.15. The van der Waals surface area contributed by atoms with Crippen molar-refractivity contribution >= 4 is 40.9 Å². The van der Waals surface area contributed by atoms with Gasteiger partial charge in [-0.25, -0.2) is 9.78 Å². The third-order valence-electron chi connectivity index (χ3n) is 3.01. The number of aryl methyl sites for hydroxylation is 1. The van der Waals surface area contributed by atoms with Crippen LogP contribution >= 0.6 is 23.1 Å². The van der Waals surface area contributed by atoms with Crippen LogP contribution < -0.4 is 11.1 Å². The molecule has 1 aromatic rings. The third kappa shape index (κ3) is 4.18. The zero-order valence-corrected chi connectivity index (χ0v) is 13.1. The Morgan fingerprint density at radius 1 is 1.57 bits per heavy atom. The number of nitrogens with one attached hydrogen (secondary N) is 1. The second-order valence-corrected chi connectivity index (χ2v) is 6.73. The molecule has 7 nitrogen and oxygen atoms in total. The maximum Gasteiger partial charge on any atom is 0.324 e. The predicted molar refractivity (Wildman–Crippen MR) is 80.0 cm³/mol. The first-order valence-electron chi connectivity index (χ1n) is 6.42. The number of urea groups is 1. The van der Waals surface area contributed by atoms with E-state index in [0.717, 1.165) is 10.0 Å². The fraction of sp³-hybridized carbons (Fsp3) is 0.500. The summed E-state index contributed by atoms with van der Waals surface area (Å²) in [6, 6.07) is -1.18. The Kier molecular flexibility index (Phi) is 5.18. The molecule has 0 unspecified atom stereocenters. The number of nitrogens with two attached hydrogens (primary N) is 1. The number of carbonyl (C=O) groups is 3. The minimum Gasteiger partial charge on any atom is -0.368 e. The molecule has 0 aromatic carbocycles. The van der Waals surface area contributed by atoms with Gasteiger partial charge < -0.3 is 10.6 Å². The highest BCUT2D eigenvalue weighted by Crippen LogP contribution is 2.22. The molecular weight excluding hydrogens is 312 g/mol. The number of rotatable bonds is 4. The number of primary amides is 1. The van der Waals surface area contributed by atoms with Gasteiger partial charge in [0.1, 0.15) is 6.04 Å². The minimum absolute atomic E-state index is 0.105. The predicted octanol–water partition coefficient (Wildman–Crippen LogP) is 0.730. The fourth-order valence-electron chi connectivity index (χ4n) is 2.06. The number of thiazole rings is 1. The molecule has 2 rings (SSSR count). The summed E-state index contributed by atoms with van der Waals surface area (Å²) in [5.41, 5.74) is 6.14. The number of hydrogen-bond donors (Lipinski definition) is 2. The lowest BCUT2D eigenvalue weighted by Gasteiger charge is -2.21. The number of imide groups is 1. The summed E-state index contributed by atoms with van der Waals surface area (Å²) < 4.78 is 0.784. The number of hydrogen-bond acceptors (Lipinski definition) is 6. The molecule has 1 saturated heterocycles. The largest absolute Gasteiger partial charge is 0.368 e. The van der Waals surface area contributed by atoms with Crippen molar-refractivity contribution in [2.24, 2.45) is 5.73 Å². The zero-order chi connectivity index (χ0) is 15.4. The van der Waals surface area contributed by atoms with Crippen LogP contribution in [-0.2, 0) is 9.59 Å². The molecule has 1 atom stereocenters. The summed E-state index contributed by atoms with van der Waals surface area (Å²) in [6.07, 6.45) is 1.26. The number of amides is 4. The highest BCUT2D eigenvalue weighted by molar-refractivity contribution is 8.01.